The van der Waals surface area contributed by atoms with Crippen molar-refractivity contribution in [3.8, 4) is 0 Å². The molecule has 0 aliphatic carbocycles. The number of benzene rings is 2. The number of carbonyl (C=O) groups excluding carboxylic acids is 2. The second kappa shape index (κ2) is 10.3. The molecule has 2 aromatic carbocycles. The van der Waals surface area contributed by atoms with E-state index in [4.69, 9.17) is 0 Å². The first-order valence-electron chi connectivity index (χ1n) is 10.4. The van der Waals surface area contributed by atoms with Crippen LogP contribution >= 0.6 is 0 Å². The maximum Gasteiger partial charge on any atom is 0.220 e. The van der Waals surface area contributed by atoms with Crippen LogP contribution in [0, 0.1) is 6.92 Å². The predicted molar refractivity (Wildman–Crippen MR) is 116 cm³/mol. The lowest BCUT2D eigenvalue weighted by Crippen LogP contribution is -2.48. The van der Waals surface area contributed by atoms with Crippen molar-refractivity contribution < 1.29 is 9.59 Å². The Morgan fingerprint density at radius 1 is 0.931 bits per heavy atom. The van der Waals surface area contributed by atoms with Crippen molar-refractivity contribution in [1.82, 2.24) is 15.1 Å². The molecule has 1 atom stereocenters. The zero-order valence-corrected chi connectivity index (χ0v) is 17.4. The van der Waals surface area contributed by atoms with E-state index < -0.39 is 0 Å². The number of likely N-dealkylation sites (N-methyl/N-ethyl adjacent to an activating group) is 1. The highest BCUT2D eigenvalue weighted by atomic mass is 16.2. The van der Waals surface area contributed by atoms with Crippen molar-refractivity contribution in [2.45, 2.75) is 25.8 Å². The molecule has 0 aromatic heterocycles. The van der Waals surface area contributed by atoms with E-state index in [1.165, 1.54) is 5.56 Å². The maximum absolute atomic E-state index is 12.4. The van der Waals surface area contributed by atoms with Crippen LogP contribution in [0.1, 0.15) is 40.4 Å². The van der Waals surface area contributed by atoms with Crippen LogP contribution in [0.25, 0.3) is 0 Å². The summed E-state index contributed by atoms with van der Waals surface area (Å²) in [4.78, 5) is 29.6. The molecule has 1 N–H and O–H groups in total. The van der Waals surface area contributed by atoms with E-state index in [2.05, 4.69) is 34.3 Å². The van der Waals surface area contributed by atoms with Crippen LogP contribution in [-0.4, -0.2) is 61.3 Å². The van der Waals surface area contributed by atoms with Crippen molar-refractivity contribution >= 4 is 11.7 Å². The molecule has 5 heteroatoms. The molecular formula is C24H31N3O2. The molecule has 2 aromatic rings. The van der Waals surface area contributed by atoms with Crippen molar-refractivity contribution in [2.75, 3.05) is 39.8 Å². The Morgan fingerprint density at radius 3 is 2.28 bits per heavy atom. The molecule has 1 fully saturated rings. The topological polar surface area (TPSA) is 52.7 Å². The van der Waals surface area contributed by atoms with Gasteiger partial charge in [-0.3, -0.25) is 14.5 Å². The Morgan fingerprint density at radius 2 is 1.59 bits per heavy atom. The number of nitrogens with one attached hydrogen (secondary N) is 1. The molecule has 1 saturated heterocycles. The molecule has 1 aliphatic rings. The number of amides is 1. The molecule has 154 valence electrons. The van der Waals surface area contributed by atoms with Gasteiger partial charge in [-0.25, -0.2) is 0 Å². The predicted octanol–water partition coefficient (Wildman–Crippen LogP) is 3.06. The third kappa shape index (κ3) is 5.99. The fourth-order valence-corrected chi connectivity index (χ4v) is 3.81. The molecule has 1 aliphatic heterocycles. The smallest absolute Gasteiger partial charge is 0.220 e. The Bertz CT molecular complexity index is 814. The second-order valence-electron chi connectivity index (χ2n) is 7.81. The van der Waals surface area contributed by atoms with Crippen molar-refractivity contribution in [3.05, 3.63) is 71.3 Å². The minimum atomic E-state index is -0.0676. The maximum atomic E-state index is 12.4. The van der Waals surface area contributed by atoms with Crippen LogP contribution in [0.5, 0.6) is 0 Å². The molecule has 0 saturated carbocycles. The zero-order chi connectivity index (χ0) is 20.6. The van der Waals surface area contributed by atoms with Gasteiger partial charge in [-0.2, -0.15) is 0 Å². The largest absolute Gasteiger partial charge is 0.354 e. The van der Waals surface area contributed by atoms with Gasteiger partial charge in [0.25, 0.3) is 0 Å². The Balaban J connectivity index is 1.55. The quantitative estimate of drug-likeness (QED) is 0.701. The third-order valence-corrected chi connectivity index (χ3v) is 5.68. The molecule has 29 heavy (non-hydrogen) atoms. The van der Waals surface area contributed by atoms with Crippen LogP contribution < -0.4 is 5.32 Å². The van der Waals surface area contributed by atoms with Crippen molar-refractivity contribution in [2.24, 2.45) is 0 Å². The van der Waals surface area contributed by atoms with Crippen LogP contribution in [-0.2, 0) is 4.79 Å². The summed E-state index contributed by atoms with van der Waals surface area (Å²) in [5.74, 6) is -0.0427. The molecule has 1 amide bonds. The molecule has 0 spiro atoms. The molecule has 5 nitrogen and oxygen atoms in total. The minimum Gasteiger partial charge on any atom is -0.354 e. The highest BCUT2D eigenvalue weighted by Gasteiger charge is 2.24. The van der Waals surface area contributed by atoms with Crippen LogP contribution in [0.2, 0.25) is 0 Å². The molecule has 1 unspecified atom stereocenters. The van der Waals surface area contributed by atoms with E-state index in [9.17, 15) is 9.59 Å². The Kier molecular flexibility index (Phi) is 7.55. The number of rotatable bonds is 8. The number of ketones is 1. The number of nitrogens with zero attached hydrogens (tertiary/aromatic N) is 2. The lowest BCUT2D eigenvalue weighted by atomic mass is 10.0. The van der Waals surface area contributed by atoms with Gasteiger partial charge >= 0.3 is 0 Å². The summed E-state index contributed by atoms with van der Waals surface area (Å²) in [6, 6.07) is 18.0. The lowest BCUT2D eigenvalue weighted by Gasteiger charge is -2.38. The van der Waals surface area contributed by atoms with Gasteiger partial charge in [-0.05, 0) is 25.1 Å². The summed E-state index contributed by atoms with van der Waals surface area (Å²) >= 11 is 0. The fourth-order valence-electron chi connectivity index (χ4n) is 3.81. The summed E-state index contributed by atoms with van der Waals surface area (Å²) in [5, 5.41) is 3.06. The monoisotopic (exact) mass is 393 g/mol. The van der Waals surface area contributed by atoms with E-state index in [-0.39, 0.29) is 30.6 Å². The number of hydrogen-bond acceptors (Lipinski definition) is 4. The van der Waals surface area contributed by atoms with Crippen LogP contribution in [0.3, 0.4) is 0 Å². The molecule has 0 bridgehead atoms. The third-order valence-electron chi connectivity index (χ3n) is 5.68. The van der Waals surface area contributed by atoms with Gasteiger partial charge in [-0.15, -0.1) is 0 Å². The summed E-state index contributed by atoms with van der Waals surface area (Å²) in [5.41, 5.74) is 2.88. The van der Waals surface area contributed by atoms with Gasteiger partial charge < -0.3 is 10.2 Å². The standard InChI is InChI=1S/C24H31N3O2/c1-19-8-6-7-11-21(19)23(28)12-13-24(29)25-18-22(20-9-4-3-5-10-20)27-16-14-26(2)15-17-27/h3-11,22H,12-18H2,1-2H3,(H,25,29). The molecular weight excluding hydrogens is 362 g/mol. The van der Waals surface area contributed by atoms with E-state index in [0.717, 1.165) is 31.7 Å². The average molecular weight is 394 g/mol. The number of piperazine rings is 1. The Hall–Kier alpha value is -2.50. The van der Waals surface area contributed by atoms with E-state index in [1.54, 1.807) is 0 Å². The van der Waals surface area contributed by atoms with Gasteiger partial charge in [-0.1, -0.05) is 54.6 Å². The van der Waals surface area contributed by atoms with E-state index in [0.29, 0.717) is 12.1 Å². The number of hydrogen-bond donors (Lipinski definition) is 1. The average Bonchev–Trinajstić information content (AvgIpc) is 2.74. The molecule has 3 rings (SSSR count). The normalized spacial score (nSPS) is 16.3. The van der Waals surface area contributed by atoms with Gasteiger partial charge in [0.15, 0.2) is 5.78 Å². The summed E-state index contributed by atoms with van der Waals surface area (Å²) in [7, 11) is 2.14. The zero-order valence-electron chi connectivity index (χ0n) is 17.4. The minimum absolute atomic E-state index is 0.0249. The Labute approximate surface area is 173 Å². The number of Topliss-reactive ketones (excluding diaryl/α,β-unsaturated/α-hetero) is 1. The SMILES string of the molecule is Cc1ccccc1C(=O)CCC(=O)NCC(c1ccccc1)N1CCN(C)CC1. The van der Waals surface area contributed by atoms with Crippen molar-refractivity contribution in [3.63, 3.8) is 0 Å². The summed E-state index contributed by atoms with van der Waals surface area (Å²) < 4.78 is 0. The summed E-state index contributed by atoms with van der Waals surface area (Å²) in [6.45, 7) is 6.51. The number of aryl methyl sites for hydroxylation is 1. The van der Waals surface area contributed by atoms with Gasteiger partial charge in [0.05, 0.1) is 6.04 Å². The van der Waals surface area contributed by atoms with Crippen molar-refractivity contribution in [1.29, 1.82) is 0 Å². The summed E-state index contributed by atoms with van der Waals surface area (Å²) in [6.07, 6.45) is 0.457. The van der Waals surface area contributed by atoms with E-state index >= 15 is 0 Å². The fraction of sp³-hybridized carbons (Fsp3) is 0.417. The second-order valence-corrected chi connectivity index (χ2v) is 7.81. The first-order valence-corrected chi connectivity index (χ1v) is 10.4. The van der Waals surface area contributed by atoms with Gasteiger partial charge in [0.2, 0.25) is 5.91 Å². The lowest BCUT2D eigenvalue weighted by molar-refractivity contribution is -0.121. The van der Waals surface area contributed by atoms with E-state index in [1.807, 2.05) is 49.4 Å². The van der Waals surface area contributed by atoms with Crippen LogP contribution in [0.4, 0.5) is 0 Å². The first kappa shape index (κ1) is 21.2. The molecule has 0 radical (unpaired) electrons. The number of carbonyl (C=O) groups is 2. The van der Waals surface area contributed by atoms with Gasteiger partial charge in [0, 0.05) is 51.1 Å². The van der Waals surface area contributed by atoms with Gasteiger partial charge in [0.1, 0.15) is 0 Å². The molecule has 1 heterocycles. The highest BCUT2D eigenvalue weighted by Crippen LogP contribution is 2.21. The highest BCUT2D eigenvalue weighted by molar-refractivity contribution is 5.99. The van der Waals surface area contributed by atoms with Crippen LogP contribution in [0.15, 0.2) is 54.6 Å². The first-order chi connectivity index (χ1) is 14.0.